The molecular formula is C25H21N5O3S. The van der Waals surface area contributed by atoms with E-state index in [1.165, 1.54) is 17.7 Å². The van der Waals surface area contributed by atoms with E-state index in [0.717, 1.165) is 16.1 Å². The van der Waals surface area contributed by atoms with Crippen LogP contribution in [0.3, 0.4) is 0 Å². The van der Waals surface area contributed by atoms with Crippen LogP contribution in [0.25, 0.3) is 21.7 Å². The van der Waals surface area contributed by atoms with Crippen molar-refractivity contribution in [3.05, 3.63) is 83.7 Å². The van der Waals surface area contributed by atoms with Crippen molar-refractivity contribution in [1.29, 1.82) is 0 Å². The Morgan fingerprint density at radius 2 is 1.94 bits per heavy atom. The first-order valence-corrected chi connectivity index (χ1v) is 11.5. The van der Waals surface area contributed by atoms with Crippen LogP contribution < -0.4 is 10.2 Å². The maximum absolute atomic E-state index is 12.9. The van der Waals surface area contributed by atoms with E-state index < -0.39 is 0 Å². The van der Waals surface area contributed by atoms with E-state index in [-0.39, 0.29) is 11.8 Å². The number of imidazole rings is 1. The number of hydrogen-bond donors (Lipinski definition) is 1. The fraction of sp³-hybridized carbons (Fsp3) is 0.120. The molecule has 0 aliphatic rings. The Bertz CT molecular complexity index is 1470. The highest BCUT2D eigenvalue weighted by molar-refractivity contribution is 7.17. The van der Waals surface area contributed by atoms with Crippen LogP contribution in [0.2, 0.25) is 0 Å². The average Bonchev–Trinajstić information content (AvgIpc) is 3.62. The van der Waals surface area contributed by atoms with Crippen molar-refractivity contribution in [1.82, 2.24) is 14.5 Å². The maximum atomic E-state index is 12.9. The fourth-order valence-electron chi connectivity index (χ4n) is 3.73. The molecule has 170 valence electrons. The smallest absolute Gasteiger partial charge is 0.268 e. The minimum Gasteiger partial charge on any atom is -0.443 e. The highest BCUT2D eigenvalue weighted by atomic mass is 32.1. The number of benzene rings is 2. The van der Waals surface area contributed by atoms with Crippen molar-refractivity contribution in [3.63, 3.8) is 0 Å². The second kappa shape index (κ2) is 8.95. The SMILES string of the molecule is CCn1c(NC(=O)c2ccc(-c3cnco3)s2)nc2cc(N(C)C(=O)c3ccccc3)ccc21. The molecule has 0 saturated carbocycles. The van der Waals surface area contributed by atoms with Gasteiger partial charge in [0, 0.05) is 24.8 Å². The van der Waals surface area contributed by atoms with E-state index in [1.54, 1.807) is 36.3 Å². The minimum atomic E-state index is -0.252. The summed E-state index contributed by atoms with van der Waals surface area (Å²) in [6.07, 6.45) is 2.97. The van der Waals surface area contributed by atoms with E-state index in [0.29, 0.717) is 34.2 Å². The molecule has 0 atom stereocenters. The molecule has 1 N–H and O–H groups in total. The Hall–Kier alpha value is -4.24. The van der Waals surface area contributed by atoms with Crippen LogP contribution in [-0.4, -0.2) is 33.4 Å². The molecule has 0 saturated heterocycles. The lowest BCUT2D eigenvalue weighted by atomic mass is 10.2. The third kappa shape index (κ3) is 3.97. The van der Waals surface area contributed by atoms with Gasteiger partial charge < -0.3 is 13.9 Å². The number of fused-ring (bicyclic) bond motifs is 1. The molecule has 0 aliphatic heterocycles. The number of rotatable bonds is 6. The van der Waals surface area contributed by atoms with Crippen molar-refractivity contribution < 1.29 is 14.0 Å². The maximum Gasteiger partial charge on any atom is 0.268 e. The van der Waals surface area contributed by atoms with Gasteiger partial charge in [-0.3, -0.25) is 14.9 Å². The molecular weight excluding hydrogens is 450 g/mol. The van der Waals surface area contributed by atoms with E-state index >= 15 is 0 Å². The van der Waals surface area contributed by atoms with Gasteiger partial charge in [0.2, 0.25) is 5.95 Å². The van der Waals surface area contributed by atoms with Gasteiger partial charge in [0.1, 0.15) is 0 Å². The summed E-state index contributed by atoms with van der Waals surface area (Å²) < 4.78 is 7.24. The first-order valence-electron chi connectivity index (χ1n) is 10.7. The monoisotopic (exact) mass is 471 g/mol. The average molecular weight is 472 g/mol. The molecule has 2 amide bonds. The zero-order valence-corrected chi connectivity index (χ0v) is 19.4. The number of aryl methyl sites for hydroxylation is 1. The standard InChI is InChI=1S/C25H21N5O3S/c1-3-30-19-10-9-17(29(2)24(32)16-7-5-4-6-8-16)13-18(19)27-25(30)28-23(31)22-12-11-21(34-22)20-14-26-15-33-20/h4-15H,3H2,1-2H3,(H,27,28,31). The Kier molecular flexibility index (Phi) is 5.69. The number of anilines is 2. The molecule has 2 aromatic carbocycles. The van der Waals surface area contributed by atoms with Crippen LogP contribution in [0.5, 0.6) is 0 Å². The largest absolute Gasteiger partial charge is 0.443 e. The molecule has 9 heteroatoms. The lowest BCUT2D eigenvalue weighted by Crippen LogP contribution is -2.26. The van der Waals surface area contributed by atoms with Gasteiger partial charge in [0.25, 0.3) is 11.8 Å². The summed E-state index contributed by atoms with van der Waals surface area (Å²) in [5, 5.41) is 2.92. The summed E-state index contributed by atoms with van der Waals surface area (Å²) in [6, 6.07) is 18.4. The molecule has 0 bridgehead atoms. The molecule has 0 unspecified atom stereocenters. The number of nitrogens with zero attached hydrogens (tertiary/aromatic N) is 4. The summed E-state index contributed by atoms with van der Waals surface area (Å²) in [5.74, 6) is 0.707. The molecule has 34 heavy (non-hydrogen) atoms. The first kappa shape index (κ1) is 21.6. The topological polar surface area (TPSA) is 93.3 Å². The van der Waals surface area contributed by atoms with Crippen molar-refractivity contribution >= 4 is 45.8 Å². The second-order valence-corrected chi connectivity index (χ2v) is 8.65. The quantitative estimate of drug-likeness (QED) is 0.363. The van der Waals surface area contributed by atoms with E-state index in [4.69, 9.17) is 4.42 Å². The van der Waals surface area contributed by atoms with Gasteiger partial charge in [-0.1, -0.05) is 18.2 Å². The molecule has 0 fully saturated rings. The van der Waals surface area contributed by atoms with E-state index in [2.05, 4.69) is 15.3 Å². The highest BCUT2D eigenvalue weighted by Gasteiger charge is 2.18. The van der Waals surface area contributed by atoms with Gasteiger partial charge in [0.15, 0.2) is 12.2 Å². The predicted molar refractivity (Wildman–Crippen MR) is 132 cm³/mol. The van der Waals surface area contributed by atoms with Crippen LogP contribution in [-0.2, 0) is 6.54 Å². The Morgan fingerprint density at radius 3 is 2.68 bits per heavy atom. The van der Waals surface area contributed by atoms with Gasteiger partial charge in [0.05, 0.1) is 27.0 Å². The number of amides is 2. The van der Waals surface area contributed by atoms with Crippen molar-refractivity contribution in [2.24, 2.45) is 0 Å². The Labute approximate surface area is 199 Å². The van der Waals surface area contributed by atoms with Crippen LogP contribution >= 0.6 is 11.3 Å². The number of carbonyl (C=O) groups excluding carboxylic acids is 2. The van der Waals surface area contributed by atoms with Gasteiger partial charge in [-0.05, 0) is 49.4 Å². The predicted octanol–water partition coefficient (Wildman–Crippen LogP) is 5.30. The Morgan fingerprint density at radius 1 is 1.12 bits per heavy atom. The lowest BCUT2D eigenvalue weighted by Gasteiger charge is -2.17. The summed E-state index contributed by atoms with van der Waals surface area (Å²) in [7, 11) is 1.74. The zero-order chi connectivity index (χ0) is 23.7. The highest BCUT2D eigenvalue weighted by Crippen LogP contribution is 2.29. The molecule has 5 aromatic rings. The molecule has 0 radical (unpaired) electrons. The van der Waals surface area contributed by atoms with Gasteiger partial charge in [-0.15, -0.1) is 11.3 Å². The van der Waals surface area contributed by atoms with Gasteiger partial charge in [-0.2, -0.15) is 0 Å². The number of nitrogens with one attached hydrogen (secondary N) is 1. The summed E-state index contributed by atoms with van der Waals surface area (Å²) >= 11 is 1.32. The van der Waals surface area contributed by atoms with Crippen molar-refractivity contribution in [2.45, 2.75) is 13.5 Å². The fourth-order valence-corrected chi connectivity index (χ4v) is 4.58. The number of hydrogen-bond acceptors (Lipinski definition) is 6. The Balaban J connectivity index is 1.41. The van der Waals surface area contributed by atoms with Gasteiger partial charge in [-0.25, -0.2) is 9.97 Å². The van der Waals surface area contributed by atoms with E-state index in [1.807, 2.05) is 54.0 Å². The molecule has 3 heterocycles. The van der Waals surface area contributed by atoms with Crippen molar-refractivity contribution in [3.8, 4) is 10.6 Å². The number of oxazole rings is 1. The molecule has 0 aliphatic carbocycles. The number of aromatic nitrogens is 3. The molecule has 5 rings (SSSR count). The normalized spacial score (nSPS) is 11.0. The third-order valence-corrected chi connectivity index (χ3v) is 6.59. The second-order valence-electron chi connectivity index (χ2n) is 7.57. The summed E-state index contributed by atoms with van der Waals surface area (Å²) in [4.78, 5) is 37.3. The van der Waals surface area contributed by atoms with Crippen LogP contribution in [0.1, 0.15) is 27.0 Å². The zero-order valence-electron chi connectivity index (χ0n) is 18.6. The summed E-state index contributed by atoms with van der Waals surface area (Å²) in [6.45, 7) is 2.61. The third-order valence-electron chi connectivity index (χ3n) is 5.49. The van der Waals surface area contributed by atoms with Gasteiger partial charge >= 0.3 is 0 Å². The number of carbonyl (C=O) groups is 2. The van der Waals surface area contributed by atoms with E-state index in [9.17, 15) is 9.59 Å². The van der Waals surface area contributed by atoms with Crippen LogP contribution in [0, 0.1) is 0 Å². The number of thiophene rings is 1. The first-order chi connectivity index (χ1) is 16.5. The molecule has 0 spiro atoms. The van der Waals surface area contributed by atoms with Crippen LogP contribution in [0.15, 0.2) is 77.7 Å². The van der Waals surface area contributed by atoms with Crippen LogP contribution in [0.4, 0.5) is 11.6 Å². The summed E-state index contributed by atoms with van der Waals surface area (Å²) in [5.41, 5.74) is 2.89. The van der Waals surface area contributed by atoms with Crippen molar-refractivity contribution in [2.75, 3.05) is 17.3 Å². The molecule has 3 aromatic heterocycles. The molecule has 8 nitrogen and oxygen atoms in total. The lowest BCUT2D eigenvalue weighted by molar-refractivity contribution is 0.0991. The minimum absolute atomic E-state index is 0.108.